The highest BCUT2D eigenvalue weighted by molar-refractivity contribution is 5.33. The van der Waals surface area contributed by atoms with Crippen molar-refractivity contribution in [3.63, 3.8) is 0 Å². The topological polar surface area (TPSA) is 62.9 Å². The highest BCUT2D eigenvalue weighted by Gasteiger charge is 2.22. The van der Waals surface area contributed by atoms with Crippen molar-refractivity contribution < 1.29 is 4.42 Å². The molecule has 0 saturated heterocycles. The molecule has 0 aliphatic rings. The molecule has 0 aliphatic heterocycles. The number of rotatable bonds is 1. The van der Waals surface area contributed by atoms with Gasteiger partial charge in [0, 0.05) is 11.1 Å². The lowest BCUT2D eigenvalue weighted by atomic mass is 9.85. The summed E-state index contributed by atoms with van der Waals surface area (Å²) < 4.78 is 5.06. The fourth-order valence-corrected chi connectivity index (χ4v) is 1.23. The van der Waals surface area contributed by atoms with E-state index in [0.717, 1.165) is 11.1 Å². The fraction of sp³-hybridized carbons (Fsp3) is 0.500. The van der Waals surface area contributed by atoms with Crippen LogP contribution in [0.1, 0.15) is 37.9 Å². The largest absolute Gasteiger partial charge is 0.472 e. The predicted octanol–water partition coefficient (Wildman–Crippen LogP) is 2.10. The summed E-state index contributed by atoms with van der Waals surface area (Å²) in [5.74, 6) is 0. The second-order valence-corrected chi connectivity index (χ2v) is 4.10. The minimum atomic E-state index is -0.590. The van der Waals surface area contributed by atoms with Crippen molar-refractivity contribution in [1.82, 2.24) is 0 Å². The van der Waals surface area contributed by atoms with Gasteiger partial charge < -0.3 is 10.2 Å². The SMILES string of the molecule is CC(C)(C)c1cocc1C(N)C#N. The third kappa shape index (κ3) is 1.90. The van der Waals surface area contributed by atoms with Gasteiger partial charge in [0.25, 0.3) is 0 Å². The van der Waals surface area contributed by atoms with Crippen molar-refractivity contribution >= 4 is 0 Å². The van der Waals surface area contributed by atoms with E-state index in [2.05, 4.69) is 20.8 Å². The molecule has 3 heteroatoms. The first-order valence-corrected chi connectivity index (χ1v) is 4.18. The van der Waals surface area contributed by atoms with Crippen molar-refractivity contribution in [1.29, 1.82) is 5.26 Å². The molecule has 1 unspecified atom stereocenters. The maximum Gasteiger partial charge on any atom is 0.122 e. The Balaban J connectivity index is 3.12. The lowest BCUT2D eigenvalue weighted by Crippen LogP contribution is -2.17. The summed E-state index contributed by atoms with van der Waals surface area (Å²) in [6.07, 6.45) is 3.21. The number of furan rings is 1. The smallest absolute Gasteiger partial charge is 0.122 e. The van der Waals surface area contributed by atoms with Crippen LogP contribution in [-0.4, -0.2) is 0 Å². The maximum atomic E-state index is 8.68. The quantitative estimate of drug-likeness (QED) is 0.716. The third-order valence-corrected chi connectivity index (χ3v) is 1.97. The molecule has 0 bridgehead atoms. The van der Waals surface area contributed by atoms with Crippen molar-refractivity contribution in [2.75, 3.05) is 0 Å². The fourth-order valence-electron chi connectivity index (χ4n) is 1.23. The van der Waals surface area contributed by atoms with Crippen LogP contribution >= 0.6 is 0 Å². The molecule has 0 radical (unpaired) electrons. The Bertz CT molecular complexity index is 327. The molecule has 1 heterocycles. The average Bonchev–Trinajstić information content (AvgIpc) is 2.49. The summed E-state index contributed by atoms with van der Waals surface area (Å²) >= 11 is 0. The van der Waals surface area contributed by atoms with Gasteiger partial charge in [-0.25, -0.2) is 0 Å². The van der Waals surface area contributed by atoms with Crippen LogP contribution in [0.3, 0.4) is 0 Å². The molecule has 0 aliphatic carbocycles. The zero-order valence-electron chi connectivity index (χ0n) is 8.16. The Morgan fingerprint density at radius 3 is 2.54 bits per heavy atom. The van der Waals surface area contributed by atoms with Crippen molar-refractivity contribution in [3.05, 3.63) is 23.7 Å². The standard InChI is InChI=1S/C10H14N2O/c1-10(2,3)8-6-13-5-7(8)9(12)4-11/h5-6,9H,12H2,1-3H3. The first-order valence-electron chi connectivity index (χ1n) is 4.18. The Kier molecular flexibility index (Phi) is 2.44. The average molecular weight is 178 g/mol. The molecule has 1 aromatic rings. The van der Waals surface area contributed by atoms with Crippen LogP contribution in [0.15, 0.2) is 16.9 Å². The second-order valence-electron chi connectivity index (χ2n) is 4.10. The molecule has 0 saturated carbocycles. The van der Waals surface area contributed by atoms with Gasteiger partial charge >= 0.3 is 0 Å². The van der Waals surface area contributed by atoms with Gasteiger partial charge in [-0.05, 0) is 5.41 Å². The number of nitrogens with two attached hydrogens (primary N) is 1. The van der Waals surface area contributed by atoms with Crippen molar-refractivity contribution in [2.24, 2.45) is 5.73 Å². The van der Waals surface area contributed by atoms with Gasteiger partial charge in [-0.3, -0.25) is 0 Å². The number of hydrogen-bond donors (Lipinski definition) is 1. The van der Waals surface area contributed by atoms with E-state index in [1.165, 1.54) is 0 Å². The summed E-state index contributed by atoms with van der Waals surface area (Å²) in [7, 11) is 0. The Morgan fingerprint density at radius 2 is 2.08 bits per heavy atom. The first kappa shape index (κ1) is 9.82. The highest BCUT2D eigenvalue weighted by atomic mass is 16.3. The molecule has 70 valence electrons. The molecule has 0 fully saturated rings. The minimum Gasteiger partial charge on any atom is -0.472 e. The number of nitriles is 1. The monoisotopic (exact) mass is 178 g/mol. The lowest BCUT2D eigenvalue weighted by molar-refractivity contribution is 0.537. The van der Waals surface area contributed by atoms with Crippen LogP contribution in [-0.2, 0) is 5.41 Å². The van der Waals surface area contributed by atoms with E-state index in [4.69, 9.17) is 15.4 Å². The second kappa shape index (κ2) is 3.23. The summed E-state index contributed by atoms with van der Waals surface area (Å²) in [5.41, 5.74) is 7.37. The summed E-state index contributed by atoms with van der Waals surface area (Å²) in [6, 6.07) is 1.41. The van der Waals surface area contributed by atoms with Crippen LogP contribution in [0, 0.1) is 11.3 Å². The van der Waals surface area contributed by atoms with Crippen LogP contribution in [0.4, 0.5) is 0 Å². The zero-order chi connectivity index (χ0) is 10.1. The third-order valence-electron chi connectivity index (χ3n) is 1.97. The van der Waals surface area contributed by atoms with Gasteiger partial charge in [-0.2, -0.15) is 5.26 Å². The van der Waals surface area contributed by atoms with E-state index in [1.807, 2.05) is 6.07 Å². The molecular formula is C10H14N2O. The van der Waals surface area contributed by atoms with Gasteiger partial charge in [0.1, 0.15) is 6.04 Å². The van der Waals surface area contributed by atoms with Gasteiger partial charge in [-0.1, -0.05) is 20.8 Å². The Labute approximate surface area is 78.1 Å². The van der Waals surface area contributed by atoms with Crippen LogP contribution in [0.5, 0.6) is 0 Å². The van der Waals surface area contributed by atoms with E-state index < -0.39 is 6.04 Å². The highest BCUT2D eigenvalue weighted by Crippen LogP contribution is 2.29. The van der Waals surface area contributed by atoms with Crippen molar-refractivity contribution in [2.45, 2.75) is 32.2 Å². The van der Waals surface area contributed by atoms with Gasteiger partial charge in [0.2, 0.25) is 0 Å². The lowest BCUT2D eigenvalue weighted by Gasteiger charge is -2.18. The van der Waals surface area contributed by atoms with Crippen LogP contribution in [0.2, 0.25) is 0 Å². The number of nitrogens with zero attached hydrogens (tertiary/aromatic N) is 1. The van der Waals surface area contributed by atoms with E-state index >= 15 is 0 Å². The molecule has 1 rings (SSSR count). The molecule has 2 N–H and O–H groups in total. The van der Waals surface area contributed by atoms with E-state index in [0.29, 0.717) is 0 Å². The maximum absolute atomic E-state index is 8.68. The molecule has 1 atom stereocenters. The Hall–Kier alpha value is -1.27. The zero-order valence-corrected chi connectivity index (χ0v) is 8.16. The van der Waals surface area contributed by atoms with Crippen LogP contribution < -0.4 is 5.73 Å². The van der Waals surface area contributed by atoms with Crippen LogP contribution in [0.25, 0.3) is 0 Å². The van der Waals surface area contributed by atoms with Gasteiger partial charge in [0.15, 0.2) is 0 Å². The summed E-state index contributed by atoms with van der Waals surface area (Å²) in [4.78, 5) is 0. The molecule has 0 amide bonds. The van der Waals surface area contributed by atoms with E-state index in [9.17, 15) is 0 Å². The molecule has 0 aromatic carbocycles. The predicted molar refractivity (Wildman–Crippen MR) is 49.9 cm³/mol. The molecule has 0 spiro atoms. The van der Waals surface area contributed by atoms with E-state index in [-0.39, 0.29) is 5.41 Å². The van der Waals surface area contributed by atoms with Gasteiger partial charge in [-0.15, -0.1) is 0 Å². The minimum absolute atomic E-state index is 0.0309. The van der Waals surface area contributed by atoms with E-state index in [1.54, 1.807) is 12.5 Å². The molecular weight excluding hydrogens is 164 g/mol. The molecule has 1 aromatic heterocycles. The summed E-state index contributed by atoms with van der Waals surface area (Å²) in [5, 5.41) is 8.68. The molecule has 3 nitrogen and oxygen atoms in total. The summed E-state index contributed by atoms with van der Waals surface area (Å²) in [6.45, 7) is 6.18. The number of hydrogen-bond acceptors (Lipinski definition) is 3. The van der Waals surface area contributed by atoms with Crippen molar-refractivity contribution in [3.8, 4) is 6.07 Å². The Morgan fingerprint density at radius 1 is 1.46 bits per heavy atom. The first-order chi connectivity index (χ1) is 5.96. The van der Waals surface area contributed by atoms with Gasteiger partial charge in [0.05, 0.1) is 18.6 Å². The normalized spacial score (nSPS) is 13.8. The molecule has 13 heavy (non-hydrogen) atoms.